The maximum atomic E-state index is 13.1. The number of non-ortho nitro benzene ring substituents is 1. The number of anilines is 1. The quantitative estimate of drug-likeness (QED) is 0.377. The molecule has 0 unspecified atom stereocenters. The second-order valence-electron chi connectivity index (χ2n) is 6.98. The molecule has 4 rings (SSSR count). The van der Waals surface area contributed by atoms with Crippen molar-refractivity contribution in [2.24, 2.45) is 0 Å². The topological polar surface area (TPSA) is 118 Å². The highest BCUT2D eigenvalue weighted by Crippen LogP contribution is 2.36. The SMILES string of the molecule is O=C(O)CCCc1ccc(N2C(=O)c3cccc4c([N+](=O)[O-])ccc(c34)C2=O)cc1. The van der Waals surface area contributed by atoms with Crippen LogP contribution >= 0.6 is 0 Å². The maximum absolute atomic E-state index is 13.1. The van der Waals surface area contributed by atoms with Gasteiger partial charge >= 0.3 is 5.97 Å². The lowest BCUT2D eigenvalue weighted by Gasteiger charge is -2.27. The number of hydrogen-bond donors (Lipinski definition) is 1. The van der Waals surface area contributed by atoms with Gasteiger partial charge < -0.3 is 5.11 Å². The van der Waals surface area contributed by atoms with Gasteiger partial charge in [-0.25, -0.2) is 4.90 Å². The number of imide groups is 1. The van der Waals surface area contributed by atoms with Crippen LogP contribution in [0, 0.1) is 10.1 Å². The smallest absolute Gasteiger partial charge is 0.303 e. The summed E-state index contributed by atoms with van der Waals surface area (Å²) in [6.45, 7) is 0. The molecule has 1 N–H and O–H groups in total. The zero-order chi connectivity index (χ0) is 21.4. The molecule has 0 saturated carbocycles. The van der Waals surface area contributed by atoms with Crippen molar-refractivity contribution in [1.82, 2.24) is 0 Å². The van der Waals surface area contributed by atoms with Gasteiger partial charge in [0.2, 0.25) is 0 Å². The van der Waals surface area contributed by atoms with Crippen LogP contribution in [-0.4, -0.2) is 27.8 Å². The minimum absolute atomic E-state index is 0.0672. The number of carboxylic acid groups (broad SMARTS) is 1. The number of carbonyl (C=O) groups is 3. The third-order valence-corrected chi connectivity index (χ3v) is 5.13. The van der Waals surface area contributed by atoms with Crippen LogP contribution in [0.1, 0.15) is 39.1 Å². The number of amides is 2. The second-order valence-corrected chi connectivity index (χ2v) is 6.98. The number of benzene rings is 3. The normalized spacial score (nSPS) is 13.0. The zero-order valence-electron chi connectivity index (χ0n) is 15.7. The molecule has 8 nitrogen and oxygen atoms in total. The fraction of sp³-hybridized carbons (Fsp3) is 0.136. The minimum atomic E-state index is -0.857. The molecular formula is C22H16N2O6. The van der Waals surface area contributed by atoms with E-state index in [-0.39, 0.29) is 28.6 Å². The monoisotopic (exact) mass is 404 g/mol. The molecule has 0 aromatic heterocycles. The predicted molar refractivity (Wildman–Crippen MR) is 109 cm³/mol. The molecule has 0 aliphatic carbocycles. The third-order valence-electron chi connectivity index (χ3n) is 5.13. The molecule has 30 heavy (non-hydrogen) atoms. The molecule has 0 radical (unpaired) electrons. The first-order chi connectivity index (χ1) is 14.4. The van der Waals surface area contributed by atoms with E-state index in [1.54, 1.807) is 36.4 Å². The average molecular weight is 404 g/mol. The Morgan fingerprint density at radius 2 is 1.63 bits per heavy atom. The molecule has 1 heterocycles. The number of aryl methyl sites for hydroxylation is 1. The lowest BCUT2D eigenvalue weighted by molar-refractivity contribution is -0.383. The lowest BCUT2D eigenvalue weighted by Crippen LogP contribution is -2.40. The molecule has 1 aliphatic heterocycles. The molecule has 0 spiro atoms. The predicted octanol–water partition coefficient (Wildman–Crippen LogP) is 3.96. The summed E-state index contributed by atoms with van der Waals surface area (Å²) in [5.41, 5.74) is 1.59. The summed E-state index contributed by atoms with van der Waals surface area (Å²) in [4.78, 5) is 48.7. The van der Waals surface area contributed by atoms with Crippen molar-refractivity contribution in [1.29, 1.82) is 0 Å². The number of nitro groups is 1. The van der Waals surface area contributed by atoms with E-state index in [9.17, 15) is 24.5 Å². The Kier molecular flexibility index (Phi) is 4.75. The molecular weight excluding hydrogens is 388 g/mol. The molecule has 1 aliphatic rings. The lowest BCUT2D eigenvalue weighted by atomic mass is 9.92. The number of carboxylic acids is 1. The van der Waals surface area contributed by atoms with Gasteiger partial charge in [-0.2, -0.15) is 0 Å². The summed E-state index contributed by atoms with van der Waals surface area (Å²) < 4.78 is 0. The molecule has 0 bridgehead atoms. The van der Waals surface area contributed by atoms with Crippen LogP contribution in [0.4, 0.5) is 11.4 Å². The van der Waals surface area contributed by atoms with Crippen molar-refractivity contribution >= 4 is 39.9 Å². The highest BCUT2D eigenvalue weighted by molar-refractivity contribution is 6.36. The van der Waals surface area contributed by atoms with E-state index in [0.717, 1.165) is 10.5 Å². The van der Waals surface area contributed by atoms with Crippen LogP contribution in [0.25, 0.3) is 10.8 Å². The van der Waals surface area contributed by atoms with Crippen molar-refractivity contribution in [2.45, 2.75) is 19.3 Å². The standard InChI is InChI=1S/C22H16N2O6/c25-19(26)6-1-3-13-7-9-14(10-8-13)23-21(27)16-5-2-4-15-18(24(29)30)12-11-17(20(15)16)22(23)28/h2,4-5,7-12H,1,3,6H2,(H,25,26). The van der Waals surface area contributed by atoms with E-state index in [4.69, 9.17) is 5.11 Å². The molecule has 3 aromatic carbocycles. The first-order valence-corrected chi connectivity index (χ1v) is 9.28. The molecule has 2 amide bonds. The fourth-order valence-electron chi connectivity index (χ4n) is 3.73. The van der Waals surface area contributed by atoms with Gasteiger partial charge in [-0.3, -0.25) is 24.5 Å². The Morgan fingerprint density at radius 1 is 0.967 bits per heavy atom. The average Bonchev–Trinajstić information content (AvgIpc) is 2.72. The largest absolute Gasteiger partial charge is 0.481 e. The summed E-state index contributed by atoms with van der Waals surface area (Å²) in [6, 6.07) is 14.1. The Hall–Kier alpha value is -4.07. The summed E-state index contributed by atoms with van der Waals surface area (Å²) >= 11 is 0. The number of nitro benzene ring substituents is 1. The summed E-state index contributed by atoms with van der Waals surface area (Å²) in [5.74, 6) is -1.95. The maximum Gasteiger partial charge on any atom is 0.303 e. The number of rotatable bonds is 6. The van der Waals surface area contributed by atoms with Gasteiger partial charge in [-0.05, 0) is 48.7 Å². The molecule has 8 heteroatoms. The van der Waals surface area contributed by atoms with Gasteiger partial charge in [0.25, 0.3) is 17.5 Å². The first kappa shape index (κ1) is 19.3. The van der Waals surface area contributed by atoms with Crippen molar-refractivity contribution in [3.8, 4) is 0 Å². The van der Waals surface area contributed by atoms with Crippen molar-refractivity contribution in [2.75, 3.05) is 4.90 Å². The van der Waals surface area contributed by atoms with Crippen LogP contribution in [0.5, 0.6) is 0 Å². The Labute approximate surface area is 170 Å². The van der Waals surface area contributed by atoms with E-state index >= 15 is 0 Å². The van der Waals surface area contributed by atoms with E-state index in [0.29, 0.717) is 23.9 Å². The van der Waals surface area contributed by atoms with Crippen LogP contribution in [0.15, 0.2) is 54.6 Å². The zero-order valence-corrected chi connectivity index (χ0v) is 15.7. The van der Waals surface area contributed by atoms with Gasteiger partial charge in [0.05, 0.1) is 16.0 Å². The van der Waals surface area contributed by atoms with Gasteiger partial charge in [-0.1, -0.05) is 18.2 Å². The fourth-order valence-corrected chi connectivity index (χ4v) is 3.73. The second kappa shape index (κ2) is 7.40. The number of hydrogen-bond acceptors (Lipinski definition) is 5. The molecule has 0 saturated heterocycles. The highest BCUT2D eigenvalue weighted by Gasteiger charge is 2.35. The van der Waals surface area contributed by atoms with E-state index < -0.39 is 22.7 Å². The number of carbonyl (C=O) groups excluding carboxylic acids is 2. The Morgan fingerprint density at radius 3 is 2.27 bits per heavy atom. The summed E-state index contributed by atoms with van der Waals surface area (Å²) in [6.07, 6.45) is 1.13. The molecule has 3 aromatic rings. The van der Waals surface area contributed by atoms with Gasteiger partial charge in [0, 0.05) is 29.0 Å². The first-order valence-electron chi connectivity index (χ1n) is 9.28. The van der Waals surface area contributed by atoms with Crippen molar-refractivity contribution in [3.63, 3.8) is 0 Å². The Bertz CT molecular complexity index is 1190. The van der Waals surface area contributed by atoms with Crippen LogP contribution in [-0.2, 0) is 11.2 Å². The number of aliphatic carboxylic acids is 1. The minimum Gasteiger partial charge on any atom is -0.481 e. The van der Waals surface area contributed by atoms with E-state index in [2.05, 4.69) is 0 Å². The van der Waals surface area contributed by atoms with Crippen LogP contribution in [0.2, 0.25) is 0 Å². The highest BCUT2D eigenvalue weighted by atomic mass is 16.6. The van der Waals surface area contributed by atoms with E-state index in [1.165, 1.54) is 18.2 Å². The molecule has 150 valence electrons. The molecule has 0 atom stereocenters. The van der Waals surface area contributed by atoms with Crippen LogP contribution in [0.3, 0.4) is 0 Å². The summed E-state index contributed by atoms with van der Waals surface area (Å²) in [7, 11) is 0. The van der Waals surface area contributed by atoms with Crippen LogP contribution < -0.4 is 4.90 Å². The Balaban J connectivity index is 1.71. The number of nitrogens with zero attached hydrogens (tertiary/aromatic N) is 2. The van der Waals surface area contributed by atoms with Gasteiger partial charge in [0.1, 0.15) is 0 Å². The third kappa shape index (κ3) is 3.18. The molecule has 0 fully saturated rings. The van der Waals surface area contributed by atoms with E-state index in [1.807, 2.05) is 0 Å². The van der Waals surface area contributed by atoms with Crippen molar-refractivity contribution < 1.29 is 24.4 Å². The summed E-state index contributed by atoms with van der Waals surface area (Å²) in [5, 5.41) is 20.6. The van der Waals surface area contributed by atoms with Crippen molar-refractivity contribution in [3.05, 3.63) is 81.4 Å². The van der Waals surface area contributed by atoms with Gasteiger partial charge in [0.15, 0.2) is 0 Å². The van der Waals surface area contributed by atoms with Gasteiger partial charge in [-0.15, -0.1) is 0 Å².